The Balaban J connectivity index is 2.53. The quantitative estimate of drug-likeness (QED) is 0.849. The molecule has 0 radical (unpaired) electrons. The Bertz CT molecular complexity index is 474. The molecule has 0 aliphatic rings. The van der Waals surface area contributed by atoms with Crippen LogP contribution in [0.2, 0.25) is 0 Å². The minimum atomic E-state index is -2.85. The maximum Gasteiger partial charge on any atom is 0.147 e. The zero-order valence-corrected chi connectivity index (χ0v) is 12.8. The van der Waals surface area contributed by atoms with E-state index < -0.39 is 9.84 Å². The molecule has 0 aromatic heterocycles. The van der Waals surface area contributed by atoms with Crippen LogP contribution in [-0.4, -0.2) is 27.0 Å². The third-order valence-corrected chi connectivity index (χ3v) is 4.74. The number of benzene rings is 1. The Morgan fingerprint density at radius 1 is 1.24 bits per heavy atom. The molecule has 0 amide bonds. The van der Waals surface area contributed by atoms with E-state index in [9.17, 15) is 8.42 Å². The molecule has 1 N–H and O–H groups in total. The molecule has 1 rings (SSSR count). The summed E-state index contributed by atoms with van der Waals surface area (Å²) in [7, 11) is -2.85. The Morgan fingerprint density at radius 3 is 2.24 bits per heavy atom. The van der Waals surface area contributed by atoms with E-state index in [0.29, 0.717) is 13.0 Å². The SMILES string of the molecule is Cc1cc(NCCCS(C)(=O)=O)cc(C)c1Br. The van der Waals surface area contributed by atoms with Crippen molar-refractivity contribution >= 4 is 31.5 Å². The molecule has 0 aliphatic heterocycles. The van der Waals surface area contributed by atoms with Crippen molar-refractivity contribution in [3.63, 3.8) is 0 Å². The van der Waals surface area contributed by atoms with E-state index in [2.05, 4.69) is 33.4 Å². The average Bonchev–Trinajstić information content (AvgIpc) is 2.19. The maximum absolute atomic E-state index is 11.0. The van der Waals surface area contributed by atoms with Crippen molar-refractivity contribution in [1.82, 2.24) is 0 Å². The predicted molar refractivity (Wildman–Crippen MR) is 76.4 cm³/mol. The highest BCUT2D eigenvalue weighted by Gasteiger charge is 2.03. The smallest absolute Gasteiger partial charge is 0.147 e. The summed E-state index contributed by atoms with van der Waals surface area (Å²) in [5, 5.41) is 3.24. The van der Waals surface area contributed by atoms with Gasteiger partial charge in [-0.3, -0.25) is 0 Å². The van der Waals surface area contributed by atoms with E-state index >= 15 is 0 Å². The summed E-state index contributed by atoms with van der Waals surface area (Å²) in [6, 6.07) is 4.11. The topological polar surface area (TPSA) is 46.2 Å². The van der Waals surface area contributed by atoms with E-state index in [4.69, 9.17) is 0 Å². The molecule has 0 saturated heterocycles. The first-order valence-electron chi connectivity index (χ1n) is 5.48. The van der Waals surface area contributed by atoms with Gasteiger partial charge in [0.2, 0.25) is 0 Å². The lowest BCUT2D eigenvalue weighted by atomic mass is 10.1. The van der Waals surface area contributed by atoms with Gasteiger partial charge >= 0.3 is 0 Å². The summed E-state index contributed by atoms with van der Waals surface area (Å²) in [4.78, 5) is 0. The summed E-state index contributed by atoms with van der Waals surface area (Å²) in [5.41, 5.74) is 3.39. The number of nitrogens with one attached hydrogen (secondary N) is 1. The average molecular weight is 320 g/mol. The monoisotopic (exact) mass is 319 g/mol. The third kappa shape index (κ3) is 5.08. The highest BCUT2D eigenvalue weighted by atomic mass is 79.9. The van der Waals surface area contributed by atoms with Crippen molar-refractivity contribution in [1.29, 1.82) is 0 Å². The fourth-order valence-corrected chi connectivity index (χ4v) is 2.51. The summed E-state index contributed by atoms with van der Waals surface area (Å²) in [6.45, 7) is 4.76. The molecule has 0 saturated carbocycles. The molecule has 3 nitrogen and oxygen atoms in total. The maximum atomic E-state index is 11.0. The minimum absolute atomic E-state index is 0.231. The molecule has 1 aromatic rings. The first-order valence-corrected chi connectivity index (χ1v) is 8.33. The second-order valence-corrected chi connectivity index (χ2v) is 7.39. The van der Waals surface area contributed by atoms with Crippen molar-refractivity contribution < 1.29 is 8.42 Å². The van der Waals surface area contributed by atoms with E-state index in [1.165, 1.54) is 17.4 Å². The van der Waals surface area contributed by atoms with Crippen LogP contribution in [0.25, 0.3) is 0 Å². The van der Waals surface area contributed by atoms with Crippen molar-refractivity contribution in [3.05, 3.63) is 27.7 Å². The summed E-state index contributed by atoms with van der Waals surface area (Å²) < 4.78 is 23.0. The largest absolute Gasteiger partial charge is 0.385 e. The van der Waals surface area contributed by atoms with Crippen LogP contribution in [0, 0.1) is 13.8 Å². The molecular weight excluding hydrogens is 302 g/mol. The van der Waals surface area contributed by atoms with Crippen LogP contribution < -0.4 is 5.32 Å². The van der Waals surface area contributed by atoms with Crippen LogP contribution in [0.3, 0.4) is 0 Å². The molecule has 0 bridgehead atoms. The van der Waals surface area contributed by atoms with Gasteiger partial charge in [0.25, 0.3) is 0 Å². The van der Waals surface area contributed by atoms with Gasteiger partial charge in [-0.05, 0) is 43.5 Å². The van der Waals surface area contributed by atoms with Crippen LogP contribution in [-0.2, 0) is 9.84 Å². The zero-order valence-electron chi connectivity index (χ0n) is 10.4. The standard InChI is InChI=1S/C12H18BrNO2S/c1-9-7-11(8-10(2)12(9)13)14-5-4-6-17(3,15)16/h7-8,14H,4-6H2,1-3H3. The van der Waals surface area contributed by atoms with Gasteiger partial charge in [0.05, 0.1) is 5.75 Å². The number of hydrogen-bond donors (Lipinski definition) is 1. The molecule has 0 unspecified atom stereocenters. The highest BCUT2D eigenvalue weighted by molar-refractivity contribution is 9.10. The normalized spacial score (nSPS) is 11.5. The Hall–Kier alpha value is -0.550. The number of aryl methyl sites for hydroxylation is 2. The fourth-order valence-electron chi connectivity index (χ4n) is 1.62. The number of halogens is 1. The van der Waals surface area contributed by atoms with Gasteiger partial charge < -0.3 is 5.32 Å². The van der Waals surface area contributed by atoms with Gasteiger partial charge in [-0.2, -0.15) is 0 Å². The Kier molecular flexibility index (Phi) is 5.01. The third-order valence-electron chi connectivity index (χ3n) is 2.46. The van der Waals surface area contributed by atoms with E-state index in [-0.39, 0.29) is 5.75 Å². The molecule has 5 heteroatoms. The number of sulfone groups is 1. The molecule has 17 heavy (non-hydrogen) atoms. The summed E-state index contributed by atoms with van der Waals surface area (Å²) >= 11 is 3.51. The molecule has 0 atom stereocenters. The zero-order chi connectivity index (χ0) is 13.1. The van der Waals surface area contributed by atoms with Crippen LogP contribution >= 0.6 is 15.9 Å². The van der Waals surface area contributed by atoms with Crippen LogP contribution in [0.4, 0.5) is 5.69 Å². The highest BCUT2D eigenvalue weighted by Crippen LogP contribution is 2.24. The first-order chi connectivity index (χ1) is 7.79. The van der Waals surface area contributed by atoms with Crippen molar-refractivity contribution in [3.8, 4) is 0 Å². The lowest BCUT2D eigenvalue weighted by molar-refractivity contribution is 0.600. The van der Waals surface area contributed by atoms with Gasteiger partial charge in [-0.15, -0.1) is 0 Å². The molecule has 0 aliphatic carbocycles. The Labute approximate surface area is 112 Å². The first kappa shape index (κ1) is 14.5. The van der Waals surface area contributed by atoms with E-state index in [1.54, 1.807) is 0 Å². The Morgan fingerprint density at radius 2 is 1.76 bits per heavy atom. The number of hydrogen-bond acceptors (Lipinski definition) is 3. The second kappa shape index (κ2) is 5.87. The molecule has 0 heterocycles. The van der Waals surface area contributed by atoms with Gasteiger partial charge in [-0.25, -0.2) is 8.42 Å². The number of anilines is 1. The van der Waals surface area contributed by atoms with Crippen molar-refractivity contribution in [2.45, 2.75) is 20.3 Å². The molecule has 1 aromatic carbocycles. The van der Waals surface area contributed by atoms with Crippen molar-refractivity contribution in [2.24, 2.45) is 0 Å². The van der Waals surface area contributed by atoms with Gasteiger partial charge in [0.1, 0.15) is 9.84 Å². The van der Waals surface area contributed by atoms with Crippen LogP contribution in [0.1, 0.15) is 17.5 Å². The molecular formula is C12H18BrNO2S. The summed E-state index contributed by atoms with van der Waals surface area (Å²) in [6.07, 6.45) is 1.90. The van der Waals surface area contributed by atoms with E-state index in [1.807, 2.05) is 13.8 Å². The lowest BCUT2D eigenvalue weighted by Crippen LogP contribution is -2.09. The molecule has 0 spiro atoms. The fraction of sp³-hybridized carbons (Fsp3) is 0.500. The molecule has 96 valence electrons. The number of rotatable bonds is 5. The lowest BCUT2D eigenvalue weighted by Gasteiger charge is -2.10. The van der Waals surface area contributed by atoms with Crippen molar-refractivity contribution in [2.75, 3.05) is 23.9 Å². The van der Waals surface area contributed by atoms with E-state index in [0.717, 1.165) is 10.2 Å². The van der Waals surface area contributed by atoms with Crippen LogP contribution in [0.5, 0.6) is 0 Å². The summed E-state index contributed by atoms with van der Waals surface area (Å²) in [5.74, 6) is 0.231. The van der Waals surface area contributed by atoms with Gasteiger partial charge in [0.15, 0.2) is 0 Å². The van der Waals surface area contributed by atoms with Gasteiger partial charge in [-0.1, -0.05) is 15.9 Å². The molecule has 0 fully saturated rings. The second-order valence-electron chi connectivity index (χ2n) is 4.33. The van der Waals surface area contributed by atoms with Gasteiger partial charge in [0, 0.05) is 23.0 Å². The minimum Gasteiger partial charge on any atom is -0.385 e. The van der Waals surface area contributed by atoms with Crippen LogP contribution in [0.15, 0.2) is 16.6 Å². The predicted octanol–water partition coefficient (Wildman–Crippen LogP) is 2.91.